The second kappa shape index (κ2) is 6.24. The predicted octanol–water partition coefficient (Wildman–Crippen LogP) is 2.22. The Morgan fingerprint density at radius 3 is 2.29 bits per heavy atom. The molecule has 2 unspecified atom stereocenters. The van der Waals surface area contributed by atoms with Gasteiger partial charge in [0.25, 0.3) is 0 Å². The summed E-state index contributed by atoms with van der Waals surface area (Å²) < 4.78 is 0. The number of hydrogen-bond acceptors (Lipinski definition) is 3. The first-order valence-corrected chi connectivity index (χ1v) is 5.51. The van der Waals surface area contributed by atoms with Gasteiger partial charge < -0.3 is 15.1 Å². The molecule has 0 saturated heterocycles. The zero-order chi connectivity index (χ0) is 12.3. The van der Waals surface area contributed by atoms with Gasteiger partial charge in [-0.1, -0.05) is 25.1 Å². The van der Waals surface area contributed by atoms with Crippen LogP contribution in [0.1, 0.15) is 19.4 Å². The summed E-state index contributed by atoms with van der Waals surface area (Å²) >= 11 is 0. The van der Waals surface area contributed by atoms with E-state index in [1.807, 2.05) is 32.0 Å². The van der Waals surface area contributed by atoms with Crippen LogP contribution in [0.15, 0.2) is 24.3 Å². The predicted molar refractivity (Wildman–Crippen MR) is 72.6 cm³/mol. The molecule has 0 amide bonds. The Balaban J connectivity index is 0.00000256. The summed E-state index contributed by atoms with van der Waals surface area (Å²) in [6.45, 7) is 4.49. The van der Waals surface area contributed by atoms with Crippen molar-refractivity contribution in [2.45, 2.75) is 19.4 Å². The molecule has 0 radical (unpaired) electrons. The molecule has 2 atom stereocenters. The Bertz CT molecular complexity index is 353. The van der Waals surface area contributed by atoms with Crippen molar-refractivity contribution in [3.63, 3.8) is 0 Å². The summed E-state index contributed by atoms with van der Waals surface area (Å²) in [7, 11) is 3.94. The van der Waals surface area contributed by atoms with E-state index in [-0.39, 0.29) is 24.1 Å². The van der Waals surface area contributed by atoms with Crippen LogP contribution >= 0.6 is 12.4 Å². The van der Waals surface area contributed by atoms with Crippen LogP contribution in [0.25, 0.3) is 0 Å². The highest BCUT2D eigenvalue weighted by Gasteiger charge is 2.32. The van der Waals surface area contributed by atoms with Crippen LogP contribution in [0.4, 0.5) is 0 Å². The highest BCUT2D eigenvalue weighted by Crippen LogP contribution is 2.34. The van der Waals surface area contributed by atoms with E-state index in [2.05, 4.69) is 0 Å². The van der Waals surface area contributed by atoms with Gasteiger partial charge in [-0.05, 0) is 27.1 Å². The second-order valence-electron chi connectivity index (χ2n) is 4.83. The maximum Gasteiger partial charge on any atom is 0.121 e. The number of aromatic hydroxyl groups is 1. The van der Waals surface area contributed by atoms with Gasteiger partial charge in [-0.2, -0.15) is 0 Å². The zero-order valence-electron chi connectivity index (χ0n) is 10.8. The number of para-hydroxylation sites is 1. The number of nitrogens with zero attached hydrogens (tertiary/aromatic N) is 1. The van der Waals surface area contributed by atoms with Gasteiger partial charge in [0.1, 0.15) is 5.75 Å². The second-order valence-corrected chi connectivity index (χ2v) is 4.83. The highest BCUT2D eigenvalue weighted by molar-refractivity contribution is 5.85. The number of phenolic OH excluding ortho intramolecular Hbond substituents is 1. The molecule has 98 valence electrons. The van der Waals surface area contributed by atoms with Crippen molar-refractivity contribution >= 4 is 12.4 Å². The molecule has 0 spiro atoms. The summed E-state index contributed by atoms with van der Waals surface area (Å²) in [5, 5.41) is 20.3. The summed E-state index contributed by atoms with van der Waals surface area (Å²) in [6, 6.07) is 6.95. The summed E-state index contributed by atoms with van der Waals surface area (Å²) in [6.07, 6.45) is 0. The lowest BCUT2D eigenvalue weighted by Gasteiger charge is -2.33. The largest absolute Gasteiger partial charge is 0.508 e. The summed E-state index contributed by atoms with van der Waals surface area (Å²) in [4.78, 5) is 2.03. The van der Waals surface area contributed by atoms with E-state index in [0.29, 0.717) is 5.56 Å². The van der Waals surface area contributed by atoms with E-state index >= 15 is 0 Å². The molecule has 1 aromatic rings. The minimum Gasteiger partial charge on any atom is -0.508 e. The minimum absolute atomic E-state index is 0. The van der Waals surface area contributed by atoms with Crippen LogP contribution in [-0.4, -0.2) is 35.8 Å². The van der Waals surface area contributed by atoms with Gasteiger partial charge in [-0.3, -0.25) is 0 Å². The first kappa shape index (κ1) is 16.2. The first-order valence-electron chi connectivity index (χ1n) is 5.51. The van der Waals surface area contributed by atoms with Gasteiger partial charge in [0.15, 0.2) is 0 Å². The van der Waals surface area contributed by atoms with Crippen molar-refractivity contribution in [2.24, 2.45) is 5.92 Å². The van der Waals surface area contributed by atoms with Crippen molar-refractivity contribution in [1.29, 1.82) is 0 Å². The third kappa shape index (κ3) is 3.87. The van der Waals surface area contributed by atoms with Gasteiger partial charge in [0, 0.05) is 18.0 Å². The molecule has 17 heavy (non-hydrogen) atoms. The smallest absolute Gasteiger partial charge is 0.121 e. The van der Waals surface area contributed by atoms with E-state index in [4.69, 9.17) is 0 Å². The van der Waals surface area contributed by atoms with E-state index in [1.165, 1.54) is 0 Å². The van der Waals surface area contributed by atoms with Crippen LogP contribution in [0.5, 0.6) is 5.75 Å². The standard InChI is InChI=1S/C13H21NO2.ClH/c1-10(9-14(3)4)13(2,16)11-7-5-6-8-12(11)15;/h5-8,10,15-16H,9H2,1-4H3;1H. The number of aliphatic hydroxyl groups is 1. The topological polar surface area (TPSA) is 43.7 Å². The molecule has 1 rings (SSSR count). The van der Waals surface area contributed by atoms with Gasteiger partial charge in [-0.15, -0.1) is 12.4 Å². The molecule has 0 fully saturated rings. The van der Waals surface area contributed by atoms with Crippen LogP contribution in [-0.2, 0) is 5.60 Å². The normalized spacial score (nSPS) is 16.1. The molecule has 2 N–H and O–H groups in total. The van der Waals surface area contributed by atoms with E-state index in [1.54, 1.807) is 25.1 Å². The van der Waals surface area contributed by atoms with Crippen molar-refractivity contribution < 1.29 is 10.2 Å². The summed E-state index contributed by atoms with van der Waals surface area (Å²) in [5.41, 5.74) is -0.431. The van der Waals surface area contributed by atoms with E-state index in [9.17, 15) is 10.2 Å². The fourth-order valence-corrected chi connectivity index (χ4v) is 1.89. The molecule has 0 bridgehead atoms. The molecule has 1 aromatic carbocycles. The molecule has 0 aliphatic rings. The molecule has 0 saturated carbocycles. The third-order valence-electron chi connectivity index (χ3n) is 3.05. The Labute approximate surface area is 109 Å². The highest BCUT2D eigenvalue weighted by atomic mass is 35.5. The number of hydrogen-bond donors (Lipinski definition) is 2. The minimum atomic E-state index is -1.02. The number of phenols is 1. The molecule has 3 nitrogen and oxygen atoms in total. The summed E-state index contributed by atoms with van der Waals surface area (Å²) in [5.74, 6) is 0.189. The van der Waals surface area contributed by atoms with E-state index < -0.39 is 5.60 Å². The van der Waals surface area contributed by atoms with Crippen molar-refractivity contribution in [3.05, 3.63) is 29.8 Å². The Hall–Kier alpha value is -0.770. The Kier molecular flexibility index (Phi) is 5.96. The molecule has 0 aliphatic carbocycles. The van der Waals surface area contributed by atoms with E-state index in [0.717, 1.165) is 6.54 Å². The lowest BCUT2D eigenvalue weighted by Crippen LogP contribution is -2.36. The third-order valence-corrected chi connectivity index (χ3v) is 3.05. The van der Waals surface area contributed by atoms with Crippen molar-refractivity contribution in [1.82, 2.24) is 4.90 Å². The monoisotopic (exact) mass is 259 g/mol. The van der Waals surface area contributed by atoms with Crippen LogP contribution in [0.2, 0.25) is 0 Å². The quantitative estimate of drug-likeness (QED) is 0.872. The van der Waals surface area contributed by atoms with Crippen molar-refractivity contribution in [3.8, 4) is 5.75 Å². The number of halogens is 1. The Morgan fingerprint density at radius 2 is 1.82 bits per heavy atom. The fourth-order valence-electron chi connectivity index (χ4n) is 1.89. The molecule has 0 heterocycles. The van der Waals surface area contributed by atoms with Gasteiger partial charge >= 0.3 is 0 Å². The molecule has 0 aromatic heterocycles. The van der Waals surface area contributed by atoms with Crippen LogP contribution < -0.4 is 0 Å². The maximum absolute atomic E-state index is 10.5. The lowest BCUT2D eigenvalue weighted by molar-refractivity contribution is -0.00956. The van der Waals surface area contributed by atoms with Gasteiger partial charge in [0.2, 0.25) is 0 Å². The average molecular weight is 260 g/mol. The SMILES string of the molecule is CC(CN(C)C)C(C)(O)c1ccccc1O.Cl. The number of rotatable bonds is 4. The van der Waals surface area contributed by atoms with Crippen LogP contribution in [0.3, 0.4) is 0 Å². The van der Waals surface area contributed by atoms with Gasteiger partial charge in [-0.25, -0.2) is 0 Å². The zero-order valence-corrected chi connectivity index (χ0v) is 11.7. The molecule has 4 heteroatoms. The number of benzene rings is 1. The Morgan fingerprint density at radius 1 is 1.29 bits per heavy atom. The van der Waals surface area contributed by atoms with Crippen molar-refractivity contribution in [2.75, 3.05) is 20.6 Å². The molecular weight excluding hydrogens is 238 g/mol. The maximum atomic E-state index is 10.5. The fraction of sp³-hybridized carbons (Fsp3) is 0.538. The lowest BCUT2D eigenvalue weighted by atomic mass is 9.83. The molecular formula is C13H22ClNO2. The molecule has 0 aliphatic heterocycles. The average Bonchev–Trinajstić information content (AvgIpc) is 2.16. The first-order chi connectivity index (χ1) is 7.35. The van der Waals surface area contributed by atoms with Gasteiger partial charge in [0.05, 0.1) is 5.60 Å². The van der Waals surface area contributed by atoms with Crippen LogP contribution in [0, 0.1) is 5.92 Å².